The van der Waals surface area contributed by atoms with Gasteiger partial charge in [-0.3, -0.25) is 4.79 Å². The van der Waals surface area contributed by atoms with Crippen molar-refractivity contribution in [1.82, 2.24) is 19.9 Å². The fourth-order valence-corrected chi connectivity index (χ4v) is 2.52. The summed E-state index contributed by atoms with van der Waals surface area (Å²) in [7, 11) is 1.43. The minimum Gasteiger partial charge on any atom is -0.483 e. The van der Waals surface area contributed by atoms with Crippen molar-refractivity contribution < 1.29 is 27.4 Å². The molecule has 0 radical (unpaired) electrons. The third kappa shape index (κ3) is 7.45. The molecular formula is C21H23F3N6O3. The van der Waals surface area contributed by atoms with Gasteiger partial charge in [0.1, 0.15) is 11.6 Å². The second kappa shape index (κ2) is 10.9. The molecule has 1 aromatic carbocycles. The number of halogens is 3. The fraction of sp³-hybridized carbons (Fsp3) is 0.190. The second-order valence-corrected chi connectivity index (χ2v) is 6.50. The van der Waals surface area contributed by atoms with Crippen molar-refractivity contribution in [2.45, 2.75) is 20.2 Å². The predicted molar refractivity (Wildman–Crippen MR) is 115 cm³/mol. The number of carbonyl (C=O) groups is 1. The summed E-state index contributed by atoms with van der Waals surface area (Å²) >= 11 is 0. The van der Waals surface area contributed by atoms with Crippen molar-refractivity contribution in [3.05, 3.63) is 71.6 Å². The van der Waals surface area contributed by atoms with Gasteiger partial charge < -0.3 is 26.3 Å². The molecule has 3 aromatic rings. The van der Waals surface area contributed by atoms with E-state index in [0.29, 0.717) is 23.3 Å². The van der Waals surface area contributed by atoms with E-state index in [1.54, 1.807) is 22.7 Å². The summed E-state index contributed by atoms with van der Waals surface area (Å²) in [5.41, 5.74) is 14.0. The van der Waals surface area contributed by atoms with Gasteiger partial charge in [-0.2, -0.15) is 5.10 Å². The van der Waals surface area contributed by atoms with E-state index < -0.39 is 6.36 Å². The van der Waals surface area contributed by atoms with Crippen LogP contribution in [0.3, 0.4) is 0 Å². The number of hydrogen-bond donors (Lipinski definition) is 3. The van der Waals surface area contributed by atoms with Crippen molar-refractivity contribution >= 4 is 12.1 Å². The molecule has 0 aliphatic heterocycles. The smallest absolute Gasteiger partial charge is 0.483 e. The van der Waals surface area contributed by atoms with E-state index >= 15 is 0 Å². The summed E-state index contributed by atoms with van der Waals surface area (Å²) in [5.74, 6) is 0.158. The SMILES string of the molecule is CO/C(N)=C/C=C(\N)NC=O.Cc1nc2ccc(-c3cccc(OC(F)(F)F)c3)nn2c1C. The van der Waals surface area contributed by atoms with Gasteiger partial charge in [0.25, 0.3) is 0 Å². The Morgan fingerprint density at radius 1 is 1.15 bits per heavy atom. The lowest BCUT2D eigenvalue weighted by molar-refractivity contribution is -0.274. The number of ether oxygens (including phenoxy) is 2. The molecule has 33 heavy (non-hydrogen) atoms. The molecule has 176 valence electrons. The van der Waals surface area contributed by atoms with E-state index in [2.05, 4.69) is 24.9 Å². The number of nitrogens with one attached hydrogen (secondary N) is 1. The van der Waals surface area contributed by atoms with Crippen LogP contribution in [-0.2, 0) is 9.53 Å². The number of amides is 1. The highest BCUT2D eigenvalue weighted by atomic mass is 19.4. The number of aryl methyl sites for hydroxylation is 2. The molecule has 9 nitrogen and oxygen atoms in total. The molecule has 0 aliphatic rings. The van der Waals surface area contributed by atoms with Crippen LogP contribution >= 0.6 is 0 Å². The lowest BCUT2D eigenvalue weighted by atomic mass is 10.1. The highest BCUT2D eigenvalue weighted by Crippen LogP contribution is 2.27. The van der Waals surface area contributed by atoms with Crippen LogP contribution in [0, 0.1) is 13.8 Å². The third-order valence-corrected chi connectivity index (χ3v) is 4.19. The molecule has 12 heteroatoms. The average Bonchev–Trinajstić information content (AvgIpc) is 3.05. The Kier molecular flexibility index (Phi) is 8.26. The fourth-order valence-electron chi connectivity index (χ4n) is 2.52. The quantitative estimate of drug-likeness (QED) is 0.291. The monoisotopic (exact) mass is 464 g/mol. The number of fused-ring (bicyclic) bond motifs is 1. The zero-order valence-corrected chi connectivity index (χ0v) is 18.1. The Labute approximate surface area is 187 Å². The van der Waals surface area contributed by atoms with Crippen molar-refractivity contribution in [2.75, 3.05) is 7.11 Å². The summed E-state index contributed by atoms with van der Waals surface area (Å²) in [4.78, 5) is 14.2. The molecule has 2 aromatic heterocycles. The number of rotatable bonds is 6. The lowest BCUT2D eigenvalue weighted by Crippen LogP contribution is -2.17. The van der Waals surface area contributed by atoms with Gasteiger partial charge in [-0.05, 0) is 44.2 Å². The molecule has 3 rings (SSSR count). The Bertz CT molecular complexity index is 1170. The van der Waals surface area contributed by atoms with Crippen molar-refractivity contribution in [3.63, 3.8) is 0 Å². The average molecular weight is 464 g/mol. The number of nitrogens with zero attached hydrogens (tertiary/aromatic N) is 3. The molecule has 1 amide bonds. The van der Waals surface area contributed by atoms with Gasteiger partial charge in [-0.15, -0.1) is 13.2 Å². The van der Waals surface area contributed by atoms with Crippen molar-refractivity contribution in [3.8, 4) is 17.0 Å². The molecule has 0 saturated carbocycles. The number of benzene rings is 1. The van der Waals surface area contributed by atoms with Gasteiger partial charge >= 0.3 is 6.36 Å². The molecule has 5 N–H and O–H groups in total. The van der Waals surface area contributed by atoms with Gasteiger partial charge in [0.15, 0.2) is 11.5 Å². The topological polar surface area (TPSA) is 130 Å². The number of aromatic nitrogens is 3. The van der Waals surface area contributed by atoms with E-state index in [0.717, 1.165) is 11.4 Å². The molecule has 0 aliphatic carbocycles. The highest BCUT2D eigenvalue weighted by molar-refractivity contribution is 5.62. The summed E-state index contributed by atoms with van der Waals surface area (Å²) in [5, 5.41) is 6.65. The molecular weight excluding hydrogens is 441 g/mol. The maximum absolute atomic E-state index is 12.3. The van der Waals surface area contributed by atoms with E-state index in [-0.39, 0.29) is 17.5 Å². The summed E-state index contributed by atoms with van der Waals surface area (Å²) in [6.45, 7) is 3.76. The van der Waals surface area contributed by atoms with Crippen LogP contribution in [0.15, 0.2) is 60.3 Å². The normalized spacial score (nSPS) is 12.1. The first-order valence-corrected chi connectivity index (χ1v) is 9.40. The van der Waals surface area contributed by atoms with E-state index in [9.17, 15) is 18.0 Å². The molecule has 0 bridgehead atoms. The second-order valence-electron chi connectivity index (χ2n) is 6.50. The number of imidazole rings is 1. The number of alkyl halides is 3. The highest BCUT2D eigenvalue weighted by Gasteiger charge is 2.31. The Balaban J connectivity index is 0.000000299. The number of allylic oxidation sites excluding steroid dienone is 2. The van der Waals surface area contributed by atoms with Crippen LogP contribution in [0.4, 0.5) is 13.2 Å². The molecule has 0 unspecified atom stereocenters. The summed E-state index contributed by atoms with van der Waals surface area (Å²) in [6.07, 6.45) is -1.38. The van der Waals surface area contributed by atoms with Gasteiger partial charge in [0, 0.05) is 11.6 Å². The first-order chi connectivity index (χ1) is 15.5. The maximum Gasteiger partial charge on any atom is 0.573 e. The minimum atomic E-state index is -4.71. The van der Waals surface area contributed by atoms with Gasteiger partial charge in [-0.1, -0.05) is 12.1 Å². The lowest BCUT2D eigenvalue weighted by Gasteiger charge is -2.10. The maximum atomic E-state index is 12.3. The number of nitrogens with two attached hydrogens (primary N) is 2. The van der Waals surface area contributed by atoms with Gasteiger partial charge in [-0.25, -0.2) is 9.50 Å². The third-order valence-electron chi connectivity index (χ3n) is 4.19. The zero-order valence-electron chi connectivity index (χ0n) is 18.1. The Hall–Kier alpha value is -4.22. The van der Waals surface area contributed by atoms with Crippen LogP contribution in [0.1, 0.15) is 11.4 Å². The first kappa shape index (κ1) is 25.0. The first-order valence-electron chi connectivity index (χ1n) is 9.40. The van der Waals surface area contributed by atoms with Crippen LogP contribution in [0.2, 0.25) is 0 Å². The number of carbonyl (C=O) groups excluding carboxylic acids is 1. The van der Waals surface area contributed by atoms with Crippen LogP contribution in [0.25, 0.3) is 16.9 Å². The molecule has 0 fully saturated rings. The molecule has 0 saturated heterocycles. The minimum absolute atomic E-state index is 0.208. The van der Waals surface area contributed by atoms with Crippen molar-refractivity contribution in [2.24, 2.45) is 11.5 Å². The largest absolute Gasteiger partial charge is 0.573 e. The van der Waals surface area contributed by atoms with Crippen LogP contribution in [-0.4, -0.2) is 34.5 Å². The van der Waals surface area contributed by atoms with Crippen LogP contribution in [0.5, 0.6) is 5.75 Å². The van der Waals surface area contributed by atoms with Gasteiger partial charge in [0.2, 0.25) is 6.41 Å². The molecule has 0 spiro atoms. The van der Waals surface area contributed by atoms with E-state index in [1.807, 2.05) is 13.8 Å². The van der Waals surface area contributed by atoms with Crippen LogP contribution < -0.4 is 21.5 Å². The van der Waals surface area contributed by atoms with E-state index in [1.165, 1.54) is 37.5 Å². The molecule has 0 atom stereocenters. The van der Waals surface area contributed by atoms with Crippen molar-refractivity contribution in [1.29, 1.82) is 0 Å². The predicted octanol–water partition coefficient (Wildman–Crippen LogP) is 2.89. The number of hydrogen-bond acceptors (Lipinski definition) is 7. The zero-order chi connectivity index (χ0) is 24.6. The Morgan fingerprint density at radius 3 is 2.52 bits per heavy atom. The summed E-state index contributed by atoms with van der Waals surface area (Å²) in [6, 6.07) is 9.22. The van der Waals surface area contributed by atoms with Gasteiger partial charge in [0.05, 0.1) is 24.2 Å². The standard InChI is InChI=1S/C15H12F3N3O.C6H11N3O2/c1-9-10(2)21-14(19-9)7-6-13(20-21)11-4-3-5-12(8-11)22-15(16,17)18;1-11-6(8)3-2-5(7)9-4-10/h3-8H,1-2H3;2-4H,7-8H2,1H3,(H,9,10)/b;5-2+,6-3+. The number of methoxy groups -OCH3 is 1. The van der Waals surface area contributed by atoms with E-state index in [4.69, 9.17) is 11.5 Å². The summed E-state index contributed by atoms with van der Waals surface area (Å²) < 4.78 is 47.1. The Morgan fingerprint density at radius 2 is 1.88 bits per heavy atom. The molecule has 2 heterocycles.